The number of sulfonamides is 1. The van der Waals surface area contributed by atoms with Gasteiger partial charge in [-0.05, 0) is 36.2 Å². The van der Waals surface area contributed by atoms with E-state index in [1.165, 1.54) is 0 Å². The van der Waals surface area contributed by atoms with Gasteiger partial charge in [0.1, 0.15) is 0 Å². The van der Waals surface area contributed by atoms with E-state index in [4.69, 9.17) is 0 Å². The number of hydrogen-bond donors (Lipinski definition) is 2. The molecule has 0 radical (unpaired) electrons. The zero-order valence-corrected chi connectivity index (χ0v) is 14.1. The van der Waals surface area contributed by atoms with Crippen LogP contribution in [0.1, 0.15) is 38.7 Å². The normalized spacial score (nSPS) is 33.2. The number of aliphatic hydroxyl groups is 1. The van der Waals surface area contributed by atoms with Crippen LogP contribution in [0.2, 0.25) is 0 Å². The highest BCUT2D eigenvalue weighted by atomic mass is 32.2. The van der Waals surface area contributed by atoms with E-state index in [2.05, 4.69) is 18.6 Å². The van der Waals surface area contributed by atoms with Crippen molar-refractivity contribution in [3.05, 3.63) is 35.9 Å². The Morgan fingerprint density at radius 3 is 2.50 bits per heavy atom. The molecule has 2 saturated carbocycles. The van der Waals surface area contributed by atoms with E-state index in [0.717, 1.165) is 24.8 Å². The zero-order chi connectivity index (χ0) is 16.0. The molecule has 22 heavy (non-hydrogen) atoms. The van der Waals surface area contributed by atoms with E-state index < -0.39 is 21.5 Å². The summed E-state index contributed by atoms with van der Waals surface area (Å²) >= 11 is 0. The number of hydrogen-bond acceptors (Lipinski definition) is 3. The van der Waals surface area contributed by atoms with Crippen LogP contribution in [0.25, 0.3) is 0 Å². The molecular formula is C17H25NO3S. The molecule has 0 spiro atoms. The van der Waals surface area contributed by atoms with Crippen molar-refractivity contribution in [3.63, 3.8) is 0 Å². The lowest BCUT2D eigenvalue weighted by Crippen LogP contribution is -2.47. The molecule has 2 aliphatic carbocycles. The molecule has 1 aromatic carbocycles. The highest BCUT2D eigenvalue weighted by Gasteiger charge is 2.64. The lowest BCUT2D eigenvalue weighted by molar-refractivity contribution is 0.0152. The fourth-order valence-corrected chi connectivity index (χ4v) is 6.43. The maximum Gasteiger partial charge on any atom is 0.212 e. The van der Waals surface area contributed by atoms with Gasteiger partial charge in [0.15, 0.2) is 0 Å². The van der Waals surface area contributed by atoms with Gasteiger partial charge >= 0.3 is 0 Å². The van der Waals surface area contributed by atoms with Crippen LogP contribution in [-0.2, 0) is 16.6 Å². The number of nitrogens with one attached hydrogen (secondary N) is 1. The standard InChI is InChI=1S/C17H25NO3S/c1-16(2)14-8-9-17(16,15(19)10-14)12-22(20,21)18-11-13-6-4-3-5-7-13/h3-7,14-15,18-19H,8-12H2,1-2H3/t14-,15+,17-/m1/s1. The van der Waals surface area contributed by atoms with Gasteiger partial charge in [0.25, 0.3) is 0 Å². The summed E-state index contributed by atoms with van der Waals surface area (Å²) in [6.07, 6.45) is 2.06. The van der Waals surface area contributed by atoms with Gasteiger partial charge in [-0.25, -0.2) is 13.1 Å². The largest absolute Gasteiger partial charge is 0.392 e. The van der Waals surface area contributed by atoms with Crippen molar-refractivity contribution in [3.8, 4) is 0 Å². The average Bonchev–Trinajstić information content (AvgIpc) is 2.80. The number of rotatable bonds is 5. The van der Waals surface area contributed by atoms with Crippen molar-refractivity contribution in [2.45, 2.75) is 45.8 Å². The molecule has 2 fully saturated rings. The van der Waals surface area contributed by atoms with Gasteiger partial charge < -0.3 is 5.11 Å². The molecule has 5 heteroatoms. The van der Waals surface area contributed by atoms with Gasteiger partial charge in [-0.15, -0.1) is 0 Å². The van der Waals surface area contributed by atoms with Crippen molar-refractivity contribution in [2.24, 2.45) is 16.7 Å². The van der Waals surface area contributed by atoms with E-state index in [1.54, 1.807) is 0 Å². The fraction of sp³-hybridized carbons (Fsp3) is 0.647. The Labute approximate surface area is 133 Å². The first-order chi connectivity index (χ1) is 10.3. The third-order valence-electron chi connectivity index (χ3n) is 6.18. The van der Waals surface area contributed by atoms with Crippen LogP contribution in [0.4, 0.5) is 0 Å². The van der Waals surface area contributed by atoms with E-state index in [-0.39, 0.29) is 11.2 Å². The molecule has 0 amide bonds. The van der Waals surface area contributed by atoms with Crippen LogP contribution in [0.3, 0.4) is 0 Å². The molecule has 1 aromatic rings. The summed E-state index contributed by atoms with van der Waals surface area (Å²) in [5, 5.41) is 10.5. The molecule has 0 saturated heterocycles. The van der Waals surface area contributed by atoms with Crippen LogP contribution < -0.4 is 4.72 Å². The Balaban J connectivity index is 1.74. The zero-order valence-electron chi connectivity index (χ0n) is 13.2. The SMILES string of the molecule is CC1(C)[C@@H]2CC[C@@]1(CS(=O)(=O)NCc1ccccc1)[C@@H](O)C2. The molecule has 0 heterocycles. The van der Waals surface area contributed by atoms with Gasteiger partial charge in [0, 0.05) is 12.0 Å². The van der Waals surface area contributed by atoms with Crippen molar-refractivity contribution in [1.82, 2.24) is 4.72 Å². The van der Waals surface area contributed by atoms with Gasteiger partial charge in [0.2, 0.25) is 10.0 Å². The maximum absolute atomic E-state index is 12.6. The highest BCUT2D eigenvalue weighted by Crippen LogP contribution is 2.65. The summed E-state index contributed by atoms with van der Waals surface area (Å²) in [7, 11) is -3.42. The third-order valence-corrected chi connectivity index (χ3v) is 7.65. The minimum Gasteiger partial charge on any atom is -0.392 e. The van der Waals surface area contributed by atoms with Crippen LogP contribution in [0, 0.1) is 16.7 Å². The molecule has 0 unspecified atom stereocenters. The summed E-state index contributed by atoms with van der Waals surface area (Å²) < 4.78 is 27.8. The maximum atomic E-state index is 12.6. The fourth-order valence-electron chi connectivity index (χ4n) is 4.56. The van der Waals surface area contributed by atoms with E-state index in [0.29, 0.717) is 12.5 Å². The first-order valence-corrected chi connectivity index (χ1v) is 9.61. The van der Waals surface area contributed by atoms with Gasteiger partial charge in [-0.3, -0.25) is 0 Å². The van der Waals surface area contributed by atoms with Crippen LogP contribution in [0.15, 0.2) is 30.3 Å². The average molecular weight is 323 g/mol. The lowest BCUT2D eigenvalue weighted by atomic mass is 9.70. The topological polar surface area (TPSA) is 66.4 Å². The number of benzene rings is 1. The summed E-state index contributed by atoms with van der Waals surface area (Å²) in [6.45, 7) is 4.54. The highest BCUT2D eigenvalue weighted by molar-refractivity contribution is 7.89. The first kappa shape index (κ1) is 16.0. The Kier molecular flexibility index (Phi) is 3.86. The summed E-state index contributed by atoms with van der Waals surface area (Å²) in [6, 6.07) is 9.51. The van der Waals surface area contributed by atoms with Crippen molar-refractivity contribution < 1.29 is 13.5 Å². The van der Waals surface area contributed by atoms with Gasteiger partial charge in [-0.1, -0.05) is 44.2 Å². The lowest BCUT2D eigenvalue weighted by Gasteiger charge is -2.40. The predicted octanol–water partition coefficient (Wildman–Crippen LogP) is 2.29. The molecule has 0 aromatic heterocycles. The van der Waals surface area contributed by atoms with E-state index >= 15 is 0 Å². The number of fused-ring (bicyclic) bond motifs is 2. The minimum atomic E-state index is -3.42. The second-order valence-corrected chi connectivity index (χ2v) is 9.24. The van der Waals surface area contributed by atoms with Crippen molar-refractivity contribution in [1.29, 1.82) is 0 Å². The Bertz CT molecular complexity index is 641. The summed E-state index contributed by atoms with van der Waals surface area (Å²) in [5.74, 6) is 0.462. The molecule has 2 aliphatic rings. The van der Waals surface area contributed by atoms with Crippen LogP contribution >= 0.6 is 0 Å². The molecule has 122 valence electrons. The van der Waals surface area contributed by atoms with E-state index in [9.17, 15) is 13.5 Å². The van der Waals surface area contributed by atoms with E-state index in [1.807, 2.05) is 30.3 Å². The Morgan fingerprint density at radius 1 is 1.27 bits per heavy atom. The van der Waals surface area contributed by atoms with Gasteiger partial charge in [-0.2, -0.15) is 0 Å². The molecular weight excluding hydrogens is 298 g/mol. The molecule has 0 aliphatic heterocycles. The van der Waals surface area contributed by atoms with Gasteiger partial charge in [0.05, 0.1) is 11.9 Å². The quantitative estimate of drug-likeness (QED) is 0.874. The second kappa shape index (κ2) is 5.32. The molecule has 2 N–H and O–H groups in total. The third kappa shape index (κ3) is 2.49. The monoisotopic (exact) mass is 323 g/mol. The Hall–Kier alpha value is -0.910. The number of aliphatic hydroxyl groups excluding tert-OH is 1. The van der Waals surface area contributed by atoms with Crippen molar-refractivity contribution in [2.75, 3.05) is 5.75 Å². The smallest absolute Gasteiger partial charge is 0.212 e. The molecule has 2 bridgehead atoms. The molecule has 3 rings (SSSR count). The van der Waals surface area contributed by atoms with Crippen molar-refractivity contribution >= 4 is 10.0 Å². The van der Waals surface area contributed by atoms with Crippen LogP contribution in [0.5, 0.6) is 0 Å². The Morgan fingerprint density at radius 2 is 1.95 bits per heavy atom. The summed E-state index contributed by atoms with van der Waals surface area (Å²) in [5.41, 5.74) is 0.327. The molecule has 3 atom stereocenters. The van der Waals surface area contributed by atoms with Crippen LogP contribution in [-0.4, -0.2) is 25.4 Å². The molecule has 4 nitrogen and oxygen atoms in total. The summed E-state index contributed by atoms with van der Waals surface area (Å²) in [4.78, 5) is 0. The minimum absolute atomic E-state index is 0.0253. The first-order valence-electron chi connectivity index (χ1n) is 7.96. The predicted molar refractivity (Wildman–Crippen MR) is 86.6 cm³/mol. The second-order valence-electron chi connectivity index (χ2n) is 7.43.